The Morgan fingerprint density at radius 3 is 3.05 bits per heavy atom. The van der Waals surface area contributed by atoms with Crippen molar-refractivity contribution in [2.24, 2.45) is 0 Å². The number of thioether (sulfide) groups is 1. The fraction of sp³-hybridized carbons (Fsp3) is 0.615. The fourth-order valence-electron chi connectivity index (χ4n) is 2.37. The molecule has 0 radical (unpaired) electrons. The summed E-state index contributed by atoms with van der Waals surface area (Å²) in [5.41, 5.74) is 1.35. The normalized spacial score (nSPS) is 25.8. The van der Waals surface area contributed by atoms with Crippen LogP contribution >= 0.6 is 11.8 Å². The third-order valence-corrected chi connectivity index (χ3v) is 4.60. The van der Waals surface area contributed by atoms with E-state index in [9.17, 15) is 4.39 Å². The topological polar surface area (TPSA) is 73.1 Å². The van der Waals surface area contributed by atoms with Crippen LogP contribution in [0, 0.1) is 0 Å². The molecule has 0 aliphatic carbocycles. The van der Waals surface area contributed by atoms with Crippen molar-refractivity contribution in [3.8, 4) is 0 Å². The second-order valence-corrected chi connectivity index (χ2v) is 6.00. The maximum atomic E-state index is 13.7. The van der Waals surface area contributed by atoms with Gasteiger partial charge in [0.2, 0.25) is 0 Å². The largest absolute Gasteiger partial charge is 0.394 e. The summed E-state index contributed by atoms with van der Waals surface area (Å²) in [5.74, 6) is 0.956. The van der Waals surface area contributed by atoms with Gasteiger partial charge in [-0.25, -0.2) is 19.3 Å². The van der Waals surface area contributed by atoms with E-state index in [1.54, 1.807) is 22.7 Å². The van der Waals surface area contributed by atoms with Crippen LogP contribution in [-0.4, -0.2) is 49.3 Å². The SMILES string of the molecule is CCCSc1ncnc2c1ncn2[C@H]1C[C@H](F)[C@@H](CO)O1. The van der Waals surface area contributed by atoms with Crippen LogP contribution in [0.5, 0.6) is 0 Å². The van der Waals surface area contributed by atoms with E-state index in [0.29, 0.717) is 11.2 Å². The lowest BCUT2D eigenvalue weighted by Gasteiger charge is -2.13. The van der Waals surface area contributed by atoms with Gasteiger partial charge in [-0.3, -0.25) is 4.57 Å². The Morgan fingerprint density at radius 2 is 2.33 bits per heavy atom. The van der Waals surface area contributed by atoms with Crippen LogP contribution in [0.3, 0.4) is 0 Å². The number of halogens is 1. The van der Waals surface area contributed by atoms with Gasteiger partial charge in [-0.2, -0.15) is 0 Å². The molecular formula is C13H17FN4O2S. The van der Waals surface area contributed by atoms with Gasteiger partial charge in [-0.15, -0.1) is 11.8 Å². The first-order valence-electron chi connectivity index (χ1n) is 6.95. The lowest BCUT2D eigenvalue weighted by molar-refractivity contribution is -0.0323. The number of ether oxygens (including phenoxy) is 1. The van der Waals surface area contributed by atoms with Gasteiger partial charge >= 0.3 is 0 Å². The fourth-order valence-corrected chi connectivity index (χ4v) is 3.17. The molecular weight excluding hydrogens is 295 g/mol. The molecule has 2 aromatic rings. The van der Waals surface area contributed by atoms with Crippen LogP contribution in [0.2, 0.25) is 0 Å². The van der Waals surface area contributed by atoms with E-state index in [-0.39, 0.29) is 13.0 Å². The minimum absolute atomic E-state index is 0.193. The Morgan fingerprint density at radius 1 is 1.48 bits per heavy atom. The molecule has 0 bridgehead atoms. The maximum Gasteiger partial charge on any atom is 0.166 e. The van der Waals surface area contributed by atoms with E-state index < -0.39 is 18.5 Å². The van der Waals surface area contributed by atoms with Gasteiger partial charge in [0.25, 0.3) is 0 Å². The van der Waals surface area contributed by atoms with Crippen LogP contribution in [0.1, 0.15) is 26.0 Å². The average Bonchev–Trinajstić information content (AvgIpc) is 3.08. The molecule has 1 fully saturated rings. The van der Waals surface area contributed by atoms with Crippen LogP contribution in [-0.2, 0) is 4.74 Å². The standard InChI is InChI=1S/C13H17FN4O2S/c1-2-3-21-13-11-12(15-6-16-13)18(7-17-11)10-4-8(14)9(5-19)20-10/h6-10,19H,2-5H2,1H3/t8-,9+,10+/m0/s1. The number of hydrogen-bond acceptors (Lipinski definition) is 6. The molecule has 1 N–H and O–H groups in total. The number of aromatic nitrogens is 4. The number of nitrogens with zero attached hydrogens (tertiary/aromatic N) is 4. The summed E-state index contributed by atoms with van der Waals surface area (Å²) in [4.78, 5) is 12.8. The van der Waals surface area contributed by atoms with Crippen molar-refractivity contribution in [2.75, 3.05) is 12.4 Å². The molecule has 3 heterocycles. The molecule has 6 nitrogen and oxygen atoms in total. The molecule has 114 valence electrons. The van der Waals surface area contributed by atoms with Crippen molar-refractivity contribution < 1.29 is 14.2 Å². The Balaban J connectivity index is 1.90. The predicted molar refractivity (Wildman–Crippen MR) is 76.8 cm³/mol. The second-order valence-electron chi connectivity index (χ2n) is 4.91. The van der Waals surface area contributed by atoms with Crippen LogP contribution in [0.4, 0.5) is 4.39 Å². The van der Waals surface area contributed by atoms with E-state index in [4.69, 9.17) is 9.84 Å². The average molecular weight is 312 g/mol. The van der Waals surface area contributed by atoms with Gasteiger partial charge < -0.3 is 9.84 Å². The highest BCUT2D eigenvalue weighted by Crippen LogP contribution is 2.33. The first kappa shape index (κ1) is 14.7. The van der Waals surface area contributed by atoms with Gasteiger partial charge in [0.1, 0.15) is 35.4 Å². The molecule has 8 heteroatoms. The summed E-state index contributed by atoms with van der Waals surface area (Å²) >= 11 is 1.63. The van der Waals surface area contributed by atoms with Crippen molar-refractivity contribution in [1.82, 2.24) is 19.5 Å². The number of alkyl halides is 1. The van der Waals surface area contributed by atoms with Gasteiger partial charge in [0, 0.05) is 6.42 Å². The van der Waals surface area contributed by atoms with Gasteiger partial charge in [-0.05, 0) is 12.2 Å². The van der Waals surface area contributed by atoms with Crippen LogP contribution in [0.15, 0.2) is 17.7 Å². The molecule has 1 saturated heterocycles. The number of imidazole rings is 1. The zero-order valence-electron chi connectivity index (χ0n) is 11.6. The highest BCUT2D eigenvalue weighted by atomic mass is 32.2. The molecule has 0 amide bonds. The molecule has 3 rings (SSSR count). The molecule has 0 unspecified atom stereocenters. The van der Waals surface area contributed by atoms with Crippen LogP contribution in [0.25, 0.3) is 11.2 Å². The summed E-state index contributed by atoms with van der Waals surface area (Å²) in [6, 6.07) is 0. The van der Waals surface area contributed by atoms with E-state index in [0.717, 1.165) is 17.2 Å². The zero-order chi connectivity index (χ0) is 14.8. The van der Waals surface area contributed by atoms with E-state index >= 15 is 0 Å². The number of rotatable bonds is 5. The van der Waals surface area contributed by atoms with Gasteiger partial charge in [-0.1, -0.05) is 6.92 Å². The Kier molecular flexibility index (Phi) is 4.37. The molecule has 21 heavy (non-hydrogen) atoms. The monoisotopic (exact) mass is 312 g/mol. The molecule has 0 aromatic carbocycles. The first-order valence-corrected chi connectivity index (χ1v) is 7.93. The van der Waals surface area contributed by atoms with E-state index in [1.165, 1.54) is 6.33 Å². The molecule has 0 saturated carbocycles. The Hall–Kier alpha value is -1.25. The van der Waals surface area contributed by atoms with E-state index in [1.807, 2.05) is 0 Å². The first-order chi connectivity index (χ1) is 10.2. The number of fused-ring (bicyclic) bond motifs is 1. The van der Waals surface area contributed by atoms with Crippen molar-refractivity contribution in [2.45, 2.75) is 43.3 Å². The third-order valence-electron chi connectivity index (χ3n) is 3.42. The molecule has 2 aromatic heterocycles. The van der Waals surface area contributed by atoms with Gasteiger partial charge in [0.05, 0.1) is 12.9 Å². The summed E-state index contributed by atoms with van der Waals surface area (Å²) < 4.78 is 21.0. The minimum atomic E-state index is -1.17. The van der Waals surface area contributed by atoms with Crippen molar-refractivity contribution in [3.05, 3.63) is 12.7 Å². The zero-order valence-corrected chi connectivity index (χ0v) is 12.5. The quantitative estimate of drug-likeness (QED) is 0.672. The Labute approximate surface area is 125 Å². The maximum absolute atomic E-state index is 13.7. The van der Waals surface area contributed by atoms with Crippen molar-refractivity contribution in [1.29, 1.82) is 0 Å². The summed E-state index contributed by atoms with van der Waals surface area (Å²) in [6.45, 7) is 1.78. The number of hydrogen-bond donors (Lipinski definition) is 1. The van der Waals surface area contributed by atoms with Crippen molar-refractivity contribution >= 4 is 22.9 Å². The third kappa shape index (κ3) is 2.75. The number of aliphatic hydroxyl groups excluding tert-OH is 1. The summed E-state index contributed by atoms with van der Waals surface area (Å²) in [6.07, 6.45) is 1.90. The predicted octanol–water partition coefficient (Wildman–Crippen LogP) is 1.95. The van der Waals surface area contributed by atoms with Crippen LogP contribution < -0.4 is 0 Å². The molecule has 1 aliphatic heterocycles. The molecule has 1 aliphatic rings. The second kappa shape index (κ2) is 6.25. The Bertz CT molecular complexity index is 623. The molecule has 3 atom stereocenters. The molecule has 0 spiro atoms. The lowest BCUT2D eigenvalue weighted by Crippen LogP contribution is -2.21. The lowest BCUT2D eigenvalue weighted by atomic mass is 10.2. The summed E-state index contributed by atoms with van der Waals surface area (Å²) in [5, 5.41) is 9.92. The van der Waals surface area contributed by atoms with Gasteiger partial charge in [0.15, 0.2) is 5.65 Å². The summed E-state index contributed by atoms with van der Waals surface area (Å²) in [7, 11) is 0. The smallest absolute Gasteiger partial charge is 0.166 e. The highest BCUT2D eigenvalue weighted by Gasteiger charge is 2.36. The highest BCUT2D eigenvalue weighted by molar-refractivity contribution is 7.99. The minimum Gasteiger partial charge on any atom is -0.394 e. The number of aliphatic hydroxyl groups is 1. The van der Waals surface area contributed by atoms with E-state index in [2.05, 4.69) is 21.9 Å². The van der Waals surface area contributed by atoms with Crippen molar-refractivity contribution in [3.63, 3.8) is 0 Å².